The van der Waals surface area contributed by atoms with Crippen LogP contribution in [0.15, 0.2) is 52.9 Å². The SMILES string of the molecule is COc1ccc(-c2nc(C(=O)N3c4ccccc4C[C@@H]3C)c(C)o2)cc1. The molecule has 1 aromatic heterocycles. The zero-order valence-corrected chi connectivity index (χ0v) is 15.0. The second kappa shape index (κ2) is 6.33. The number of anilines is 1. The quantitative estimate of drug-likeness (QED) is 0.710. The van der Waals surface area contributed by atoms with Gasteiger partial charge in [-0.25, -0.2) is 4.98 Å². The Morgan fingerprint density at radius 2 is 1.92 bits per heavy atom. The van der Waals surface area contributed by atoms with E-state index in [4.69, 9.17) is 9.15 Å². The van der Waals surface area contributed by atoms with Crippen LogP contribution in [-0.2, 0) is 6.42 Å². The van der Waals surface area contributed by atoms with Crippen molar-refractivity contribution in [3.63, 3.8) is 0 Å². The van der Waals surface area contributed by atoms with E-state index in [2.05, 4.69) is 18.0 Å². The van der Waals surface area contributed by atoms with Crippen molar-refractivity contribution < 1.29 is 13.9 Å². The molecule has 0 N–H and O–H groups in total. The minimum absolute atomic E-state index is 0.0976. The Bertz CT molecular complexity index is 960. The number of aryl methyl sites for hydroxylation is 1. The average Bonchev–Trinajstić information content (AvgIpc) is 3.20. The van der Waals surface area contributed by atoms with Crippen LogP contribution < -0.4 is 9.64 Å². The van der Waals surface area contributed by atoms with E-state index in [1.807, 2.05) is 47.4 Å². The number of oxazole rings is 1. The zero-order chi connectivity index (χ0) is 18.3. The first-order chi connectivity index (χ1) is 12.6. The van der Waals surface area contributed by atoms with E-state index in [-0.39, 0.29) is 11.9 Å². The molecule has 2 aromatic carbocycles. The third-order valence-electron chi connectivity index (χ3n) is 4.76. The van der Waals surface area contributed by atoms with Crippen LogP contribution >= 0.6 is 0 Å². The Balaban J connectivity index is 1.68. The number of carbonyl (C=O) groups is 1. The molecule has 0 saturated heterocycles. The van der Waals surface area contributed by atoms with E-state index in [0.717, 1.165) is 23.4 Å². The highest BCUT2D eigenvalue weighted by Gasteiger charge is 2.33. The number of benzene rings is 2. The van der Waals surface area contributed by atoms with Crippen LogP contribution in [0.2, 0.25) is 0 Å². The van der Waals surface area contributed by atoms with Gasteiger partial charge in [-0.2, -0.15) is 0 Å². The van der Waals surface area contributed by atoms with Gasteiger partial charge in [-0.3, -0.25) is 4.79 Å². The summed E-state index contributed by atoms with van der Waals surface area (Å²) in [5.41, 5.74) is 3.31. The summed E-state index contributed by atoms with van der Waals surface area (Å²) in [6, 6.07) is 15.5. The lowest BCUT2D eigenvalue weighted by atomic mass is 10.1. The molecule has 0 spiro atoms. The fraction of sp³-hybridized carbons (Fsp3) is 0.238. The van der Waals surface area contributed by atoms with Gasteiger partial charge in [0.25, 0.3) is 5.91 Å². The van der Waals surface area contributed by atoms with Crippen LogP contribution in [0.5, 0.6) is 5.75 Å². The number of ether oxygens (including phenoxy) is 1. The Hall–Kier alpha value is -3.08. The first kappa shape index (κ1) is 16.4. The van der Waals surface area contributed by atoms with Gasteiger partial charge in [0.1, 0.15) is 11.5 Å². The third-order valence-corrected chi connectivity index (χ3v) is 4.76. The van der Waals surface area contributed by atoms with Crippen molar-refractivity contribution in [3.05, 3.63) is 65.5 Å². The molecule has 3 aromatic rings. The highest BCUT2D eigenvalue weighted by Crippen LogP contribution is 2.34. The topological polar surface area (TPSA) is 55.6 Å². The lowest BCUT2D eigenvalue weighted by Gasteiger charge is -2.21. The summed E-state index contributed by atoms with van der Waals surface area (Å²) in [7, 11) is 1.62. The number of rotatable bonds is 3. The molecule has 0 fully saturated rings. The number of fused-ring (bicyclic) bond motifs is 1. The molecule has 0 aliphatic carbocycles. The average molecular weight is 348 g/mol. The highest BCUT2D eigenvalue weighted by atomic mass is 16.5. The van der Waals surface area contributed by atoms with Crippen LogP contribution in [0.25, 0.3) is 11.5 Å². The molecule has 0 bridgehead atoms. The predicted molar refractivity (Wildman–Crippen MR) is 99.6 cm³/mol. The maximum atomic E-state index is 13.2. The van der Waals surface area contributed by atoms with Gasteiger partial charge in [-0.05, 0) is 56.2 Å². The molecule has 5 heteroatoms. The zero-order valence-electron chi connectivity index (χ0n) is 15.0. The van der Waals surface area contributed by atoms with E-state index in [1.54, 1.807) is 14.0 Å². The van der Waals surface area contributed by atoms with Crippen LogP contribution in [0.4, 0.5) is 5.69 Å². The summed E-state index contributed by atoms with van der Waals surface area (Å²) >= 11 is 0. The van der Waals surface area contributed by atoms with Crippen LogP contribution in [0, 0.1) is 6.92 Å². The van der Waals surface area contributed by atoms with Gasteiger partial charge >= 0.3 is 0 Å². The maximum absolute atomic E-state index is 13.2. The molecule has 1 aliphatic rings. The molecular weight excluding hydrogens is 328 g/mol. The normalized spacial score (nSPS) is 15.8. The number of aromatic nitrogens is 1. The predicted octanol–water partition coefficient (Wildman–Crippen LogP) is 4.25. The Morgan fingerprint density at radius 3 is 2.65 bits per heavy atom. The molecule has 2 heterocycles. The lowest BCUT2D eigenvalue weighted by Crippen LogP contribution is -2.36. The molecule has 0 saturated carbocycles. The molecule has 1 amide bonds. The fourth-order valence-corrected chi connectivity index (χ4v) is 3.44. The number of para-hydroxylation sites is 1. The van der Waals surface area contributed by atoms with E-state index >= 15 is 0 Å². The summed E-state index contributed by atoms with van der Waals surface area (Å²) in [5, 5.41) is 0. The van der Waals surface area contributed by atoms with Crippen molar-refractivity contribution >= 4 is 11.6 Å². The Labute approximate surface area is 152 Å². The number of carbonyl (C=O) groups excluding carboxylic acids is 1. The second-order valence-electron chi connectivity index (χ2n) is 6.51. The van der Waals surface area contributed by atoms with E-state index in [0.29, 0.717) is 17.3 Å². The van der Waals surface area contributed by atoms with Crippen molar-refractivity contribution in [2.45, 2.75) is 26.3 Å². The highest BCUT2D eigenvalue weighted by molar-refractivity contribution is 6.07. The smallest absolute Gasteiger partial charge is 0.280 e. The van der Waals surface area contributed by atoms with Gasteiger partial charge in [0.2, 0.25) is 5.89 Å². The summed E-state index contributed by atoms with van der Waals surface area (Å²) < 4.78 is 11.0. The first-order valence-corrected chi connectivity index (χ1v) is 8.62. The number of hydrogen-bond acceptors (Lipinski definition) is 4. The number of hydrogen-bond donors (Lipinski definition) is 0. The van der Waals surface area contributed by atoms with Crippen molar-refractivity contribution in [1.82, 2.24) is 4.98 Å². The van der Waals surface area contributed by atoms with Gasteiger partial charge in [-0.1, -0.05) is 18.2 Å². The second-order valence-corrected chi connectivity index (χ2v) is 6.51. The molecule has 0 radical (unpaired) electrons. The molecule has 0 unspecified atom stereocenters. The van der Waals surface area contributed by atoms with Crippen molar-refractivity contribution in [3.8, 4) is 17.2 Å². The summed E-state index contributed by atoms with van der Waals surface area (Å²) in [6.45, 7) is 3.83. The lowest BCUT2D eigenvalue weighted by molar-refractivity contribution is 0.0976. The van der Waals surface area contributed by atoms with E-state index < -0.39 is 0 Å². The first-order valence-electron chi connectivity index (χ1n) is 8.62. The number of nitrogens with zero attached hydrogens (tertiary/aromatic N) is 2. The van der Waals surface area contributed by atoms with E-state index in [9.17, 15) is 4.79 Å². The monoisotopic (exact) mass is 348 g/mol. The van der Waals surface area contributed by atoms with Gasteiger partial charge in [0, 0.05) is 17.3 Å². The Morgan fingerprint density at radius 1 is 1.19 bits per heavy atom. The van der Waals surface area contributed by atoms with Crippen LogP contribution in [0.1, 0.15) is 28.7 Å². The Kier molecular flexibility index (Phi) is 3.99. The summed E-state index contributed by atoms with van der Waals surface area (Å²) in [6.07, 6.45) is 0.851. The minimum Gasteiger partial charge on any atom is -0.497 e. The largest absolute Gasteiger partial charge is 0.497 e. The maximum Gasteiger partial charge on any atom is 0.280 e. The molecule has 26 heavy (non-hydrogen) atoms. The standard InChI is InChI=1S/C21H20N2O3/c1-13-12-16-6-4-5-7-18(16)23(13)21(24)19-14(2)26-20(22-19)15-8-10-17(25-3)11-9-15/h4-11,13H,12H2,1-3H3/t13-/m0/s1. The summed E-state index contributed by atoms with van der Waals surface area (Å²) in [4.78, 5) is 19.5. The molecule has 5 nitrogen and oxygen atoms in total. The fourth-order valence-electron chi connectivity index (χ4n) is 3.44. The van der Waals surface area contributed by atoms with Crippen molar-refractivity contribution in [1.29, 1.82) is 0 Å². The van der Waals surface area contributed by atoms with Crippen molar-refractivity contribution in [2.24, 2.45) is 0 Å². The number of amides is 1. The third kappa shape index (κ3) is 2.65. The molecule has 132 valence electrons. The molecule has 1 aliphatic heterocycles. The summed E-state index contributed by atoms with van der Waals surface area (Å²) in [5.74, 6) is 1.60. The van der Waals surface area contributed by atoms with Gasteiger partial charge in [0.15, 0.2) is 5.69 Å². The van der Waals surface area contributed by atoms with E-state index in [1.165, 1.54) is 5.56 Å². The van der Waals surface area contributed by atoms with Crippen molar-refractivity contribution in [2.75, 3.05) is 12.0 Å². The number of methoxy groups -OCH3 is 1. The molecule has 4 rings (SSSR count). The van der Waals surface area contributed by atoms with Crippen LogP contribution in [0.3, 0.4) is 0 Å². The van der Waals surface area contributed by atoms with Gasteiger partial charge < -0.3 is 14.1 Å². The molecule has 1 atom stereocenters. The van der Waals surface area contributed by atoms with Gasteiger partial charge in [-0.15, -0.1) is 0 Å². The van der Waals surface area contributed by atoms with Gasteiger partial charge in [0.05, 0.1) is 7.11 Å². The van der Waals surface area contributed by atoms with Crippen LogP contribution in [-0.4, -0.2) is 24.0 Å². The minimum atomic E-state index is -0.122. The molecular formula is C21H20N2O3.